The van der Waals surface area contributed by atoms with E-state index in [9.17, 15) is 13.2 Å². The second-order valence-corrected chi connectivity index (χ2v) is 10.1. The third-order valence-electron chi connectivity index (χ3n) is 4.70. The normalized spacial score (nSPS) is 13.8. The molecule has 2 N–H and O–H groups in total. The van der Waals surface area contributed by atoms with Crippen molar-refractivity contribution in [1.29, 1.82) is 0 Å². The van der Waals surface area contributed by atoms with Gasteiger partial charge in [-0.1, -0.05) is 12.1 Å². The van der Waals surface area contributed by atoms with Gasteiger partial charge in [-0.05, 0) is 55.2 Å². The van der Waals surface area contributed by atoms with Crippen LogP contribution in [0.3, 0.4) is 0 Å². The minimum absolute atomic E-state index is 0.186. The van der Waals surface area contributed by atoms with Crippen molar-refractivity contribution in [2.45, 2.75) is 17.7 Å². The van der Waals surface area contributed by atoms with Crippen LogP contribution < -0.4 is 10.6 Å². The smallest absolute Gasteiger partial charge is 0.255 e. The quantitative estimate of drug-likeness (QED) is 0.587. The molecule has 0 unspecified atom stereocenters. The Balaban J connectivity index is 1.45. The number of benzene rings is 2. The van der Waals surface area contributed by atoms with E-state index in [-0.39, 0.29) is 10.8 Å². The molecular formula is C21H21N3O3S2. The van der Waals surface area contributed by atoms with Crippen LogP contribution in [0.25, 0.3) is 11.3 Å². The maximum absolute atomic E-state index is 12.5. The Kier molecular flexibility index (Phi) is 5.38. The Morgan fingerprint density at radius 3 is 2.62 bits per heavy atom. The predicted octanol–water partition coefficient (Wildman–Crippen LogP) is 4.29. The third-order valence-corrected chi connectivity index (χ3v) is 6.63. The minimum Gasteiger partial charge on any atom is -0.361 e. The standard InChI is InChI=1S/C21H21N3O3S2/c1-29(26,27)18-9-7-15(8-10-18)20(25)23-17-4-2-3-16(11-17)19-13-28-21(24-19)22-12-14-5-6-14/h2-4,7-11,13-14H,5-6,12H2,1H3,(H,22,24)(H,23,25). The molecule has 0 aliphatic heterocycles. The molecule has 3 aromatic rings. The summed E-state index contributed by atoms with van der Waals surface area (Å²) in [5, 5.41) is 9.14. The molecule has 8 heteroatoms. The fourth-order valence-electron chi connectivity index (χ4n) is 2.85. The SMILES string of the molecule is CS(=O)(=O)c1ccc(C(=O)Nc2cccc(-c3csc(NCC4CC4)n3)c2)cc1. The highest BCUT2D eigenvalue weighted by Gasteiger charge is 2.21. The van der Waals surface area contributed by atoms with Crippen LogP contribution in [0.5, 0.6) is 0 Å². The van der Waals surface area contributed by atoms with Gasteiger partial charge in [0, 0.05) is 35.0 Å². The predicted molar refractivity (Wildman–Crippen MR) is 116 cm³/mol. The zero-order valence-electron chi connectivity index (χ0n) is 15.9. The molecular weight excluding hydrogens is 406 g/mol. The van der Waals surface area contributed by atoms with Crippen molar-refractivity contribution in [3.63, 3.8) is 0 Å². The summed E-state index contributed by atoms with van der Waals surface area (Å²) in [7, 11) is -3.29. The second-order valence-electron chi connectivity index (χ2n) is 7.19. The number of hydrogen-bond donors (Lipinski definition) is 2. The van der Waals surface area contributed by atoms with Crippen molar-refractivity contribution in [3.8, 4) is 11.3 Å². The highest BCUT2D eigenvalue weighted by Crippen LogP contribution is 2.31. The number of carbonyl (C=O) groups is 1. The van der Waals surface area contributed by atoms with Crippen molar-refractivity contribution >= 4 is 37.9 Å². The average molecular weight is 428 g/mol. The first-order valence-corrected chi connectivity index (χ1v) is 12.1. The van der Waals surface area contributed by atoms with E-state index in [1.54, 1.807) is 11.3 Å². The number of sulfone groups is 1. The zero-order valence-corrected chi connectivity index (χ0v) is 17.5. The molecule has 29 heavy (non-hydrogen) atoms. The van der Waals surface area contributed by atoms with Crippen LogP contribution in [-0.2, 0) is 9.84 Å². The zero-order chi connectivity index (χ0) is 20.4. The van der Waals surface area contributed by atoms with E-state index < -0.39 is 9.84 Å². The highest BCUT2D eigenvalue weighted by atomic mass is 32.2. The topological polar surface area (TPSA) is 88.2 Å². The maximum atomic E-state index is 12.5. The molecule has 4 rings (SSSR count). The molecule has 6 nitrogen and oxygen atoms in total. The lowest BCUT2D eigenvalue weighted by atomic mass is 10.1. The lowest BCUT2D eigenvalue weighted by Crippen LogP contribution is -2.12. The molecule has 1 aromatic heterocycles. The number of anilines is 2. The maximum Gasteiger partial charge on any atom is 0.255 e. The summed E-state index contributed by atoms with van der Waals surface area (Å²) in [4.78, 5) is 17.3. The van der Waals surface area contributed by atoms with Gasteiger partial charge in [0.05, 0.1) is 10.6 Å². The molecule has 0 spiro atoms. The fourth-order valence-corrected chi connectivity index (χ4v) is 4.21. The molecule has 0 radical (unpaired) electrons. The number of amides is 1. The minimum atomic E-state index is -3.29. The molecule has 2 aromatic carbocycles. The molecule has 1 amide bonds. The number of carbonyl (C=O) groups excluding carboxylic acids is 1. The van der Waals surface area contributed by atoms with Crippen LogP contribution in [0.4, 0.5) is 10.8 Å². The lowest BCUT2D eigenvalue weighted by molar-refractivity contribution is 0.102. The van der Waals surface area contributed by atoms with E-state index in [1.165, 1.54) is 37.1 Å². The number of thiazole rings is 1. The van der Waals surface area contributed by atoms with Crippen LogP contribution in [0.1, 0.15) is 23.2 Å². The summed E-state index contributed by atoms with van der Waals surface area (Å²) >= 11 is 1.58. The van der Waals surface area contributed by atoms with Crippen LogP contribution in [0.2, 0.25) is 0 Å². The Labute approximate surface area is 173 Å². The van der Waals surface area contributed by atoms with Crippen molar-refractivity contribution in [1.82, 2.24) is 4.98 Å². The van der Waals surface area contributed by atoms with Crippen molar-refractivity contribution in [2.75, 3.05) is 23.4 Å². The number of aromatic nitrogens is 1. The van der Waals surface area contributed by atoms with Crippen molar-refractivity contribution < 1.29 is 13.2 Å². The van der Waals surface area contributed by atoms with Crippen LogP contribution in [-0.4, -0.2) is 32.1 Å². The van der Waals surface area contributed by atoms with Gasteiger partial charge in [0.25, 0.3) is 5.91 Å². The molecule has 150 valence electrons. The van der Waals surface area contributed by atoms with Gasteiger partial charge in [-0.3, -0.25) is 4.79 Å². The first-order chi connectivity index (χ1) is 13.9. The number of nitrogens with one attached hydrogen (secondary N) is 2. The third kappa shape index (κ3) is 5.02. The molecule has 1 fully saturated rings. The molecule has 0 atom stereocenters. The lowest BCUT2D eigenvalue weighted by Gasteiger charge is -2.07. The molecule has 1 heterocycles. The highest BCUT2D eigenvalue weighted by molar-refractivity contribution is 7.90. The Morgan fingerprint density at radius 1 is 1.17 bits per heavy atom. The monoisotopic (exact) mass is 427 g/mol. The van der Waals surface area contributed by atoms with Gasteiger partial charge in [-0.15, -0.1) is 11.3 Å². The average Bonchev–Trinajstić information content (AvgIpc) is 3.41. The first-order valence-electron chi connectivity index (χ1n) is 9.30. The van der Waals surface area contributed by atoms with E-state index in [0.717, 1.165) is 35.1 Å². The Bertz CT molecular complexity index is 1130. The molecule has 1 aliphatic rings. The van der Waals surface area contributed by atoms with Crippen molar-refractivity contribution in [2.24, 2.45) is 5.92 Å². The molecule has 1 saturated carbocycles. The summed E-state index contributed by atoms with van der Waals surface area (Å²) in [6.45, 7) is 0.973. The summed E-state index contributed by atoms with van der Waals surface area (Å²) < 4.78 is 23.1. The summed E-state index contributed by atoms with van der Waals surface area (Å²) in [6.07, 6.45) is 3.73. The van der Waals surface area contributed by atoms with Gasteiger partial charge < -0.3 is 10.6 Å². The van der Waals surface area contributed by atoms with E-state index in [2.05, 4.69) is 15.6 Å². The van der Waals surface area contributed by atoms with E-state index >= 15 is 0 Å². The van der Waals surface area contributed by atoms with Gasteiger partial charge in [-0.25, -0.2) is 13.4 Å². The molecule has 0 bridgehead atoms. The number of rotatable bonds is 7. The number of nitrogens with zero attached hydrogens (tertiary/aromatic N) is 1. The summed E-state index contributed by atoms with van der Waals surface area (Å²) in [6, 6.07) is 13.4. The molecule has 0 saturated heterocycles. The van der Waals surface area contributed by atoms with Crippen LogP contribution >= 0.6 is 11.3 Å². The largest absolute Gasteiger partial charge is 0.361 e. The van der Waals surface area contributed by atoms with E-state index in [4.69, 9.17) is 0 Å². The Hall–Kier alpha value is -2.71. The molecule has 1 aliphatic carbocycles. The first kappa shape index (κ1) is 19.6. The number of hydrogen-bond acceptors (Lipinski definition) is 6. The van der Waals surface area contributed by atoms with Gasteiger partial charge in [0.2, 0.25) is 0 Å². The van der Waals surface area contributed by atoms with Crippen LogP contribution in [0.15, 0.2) is 58.8 Å². The van der Waals surface area contributed by atoms with E-state index in [0.29, 0.717) is 11.3 Å². The second kappa shape index (κ2) is 7.96. The summed E-state index contributed by atoms with van der Waals surface area (Å²) in [5.41, 5.74) is 2.83. The van der Waals surface area contributed by atoms with E-state index in [1.807, 2.05) is 29.6 Å². The van der Waals surface area contributed by atoms with Gasteiger partial charge >= 0.3 is 0 Å². The Morgan fingerprint density at radius 2 is 1.93 bits per heavy atom. The van der Waals surface area contributed by atoms with Gasteiger partial charge in [0.1, 0.15) is 0 Å². The fraction of sp³-hybridized carbons (Fsp3) is 0.238. The summed E-state index contributed by atoms with van der Waals surface area (Å²) in [5.74, 6) is 0.486. The van der Waals surface area contributed by atoms with Crippen LogP contribution in [0, 0.1) is 5.92 Å². The van der Waals surface area contributed by atoms with Crippen molar-refractivity contribution in [3.05, 3.63) is 59.5 Å². The van der Waals surface area contributed by atoms with Gasteiger partial charge in [-0.2, -0.15) is 0 Å². The van der Waals surface area contributed by atoms with Gasteiger partial charge in [0.15, 0.2) is 15.0 Å².